The Balaban J connectivity index is 1.20. The number of carbonyl (C=O) groups is 1. The van der Waals surface area contributed by atoms with Gasteiger partial charge in [-0.1, -0.05) is 6.07 Å². The van der Waals surface area contributed by atoms with E-state index in [2.05, 4.69) is 31.2 Å². The molecule has 184 valence electrons. The highest BCUT2D eigenvalue weighted by Gasteiger charge is 2.33. The molecule has 0 bridgehead atoms. The molecule has 3 aromatic heterocycles. The van der Waals surface area contributed by atoms with Crippen LogP contribution in [-0.4, -0.2) is 45.5 Å². The molecule has 1 saturated heterocycles. The Kier molecular flexibility index (Phi) is 5.74. The summed E-state index contributed by atoms with van der Waals surface area (Å²) in [5.74, 6) is 0.506. The molecule has 0 spiro atoms. The number of aromatic nitrogens is 4. The van der Waals surface area contributed by atoms with Crippen LogP contribution in [0, 0.1) is 11.3 Å². The minimum absolute atomic E-state index is 0.224. The number of anilines is 1. The van der Waals surface area contributed by atoms with Gasteiger partial charge in [0.05, 0.1) is 48.4 Å². The number of fused-ring (bicyclic) bond motifs is 2. The molecule has 2 aliphatic rings. The molecular formula is C28H25N7O2. The van der Waals surface area contributed by atoms with Crippen LogP contribution in [0.3, 0.4) is 0 Å². The van der Waals surface area contributed by atoms with E-state index >= 15 is 0 Å². The number of pyridine rings is 2. The van der Waals surface area contributed by atoms with Crippen LogP contribution in [-0.2, 0) is 23.3 Å². The molecule has 1 fully saturated rings. The SMILES string of the molecule is C[C@@]1(C#N)COCc2ccc(C(=O)NCc3cc4nc(-c5ccnc(N6CCC6)n5)ccc4cn3)cc21. The van der Waals surface area contributed by atoms with Crippen LogP contribution in [0.2, 0.25) is 0 Å². The lowest BCUT2D eigenvalue weighted by molar-refractivity contribution is 0.0757. The van der Waals surface area contributed by atoms with Crippen LogP contribution < -0.4 is 10.2 Å². The Morgan fingerprint density at radius 2 is 2.00 bits per heavy atom. The summed E-state index contributed by atoms with van der Waals surface area (Å²) in [7, 11) is 0. The number of amides is 1. The van der Waals surface area contributed by atoms with Gasteiger partial charge in [-0.05, 0) is 60.9 Å². The van der Waals surface area contributed by atoms with Crippen molar-refractivity contribution in [1.82, 2.24) is 25.3 Å². The number of benzene rings is 1. The summed E-state index contributed by atoms with van der Waals surface area (Å²) >= 11 is 0. The van der Waals surface area contributed by atoms with Gasteiger partial charge in [-0.2, -0.15) is 5.26 Å². The van der Waals surface area contributed by atoms with E-state index in [1.54, 1.807) is 24.5 Å². The molecule has 1 atom stereocenters. The minimum atomic E-state index is -0.771. The lowest BCUT2D eigenvalue weighted by Crippen LogP contribution is -2.38. The van der Waals surface area contributed by atoms with Crippen molar-refractivity contribution >= 4 is 22.8 Å². The van der Waals surface area contributed by atoms with Crippen molar-refractivity contribution in [3.63, 3.8) is 0 Å². The highest BCUT2D eigenvalue weighted by molar-refractivity contribution is 5.94. The van der Waals surface area contributed by atoms with Crippen LogP contribution in [0.1, 0.15) is 40.5 Å². The number of hydrogen-bond acceptors (Lipinski definition) is 8. The van der Waals surface area contributed by atoms with Gasteiger partial charge in [-0.3, -0.25) is 9.78 Å². The highest BCUT2D eigenvalue weighted by atomic mass is 16.5. The number of rotatable bonds is 5. The number of carbonyl (C=O) groups excluding carboxylic acids is 1. The van der Waals surface area contributed by atoms with Crippen molar-refractivity contribution in [2.75, 3.05) is 24.6 Å². The quantitative estimate of drug-likeness (QED) is 0.451. The zero-order chi connectivity index (χ0) is 25.4. The van der Waals surface area contributed by atoms with E-state index in [0.717, 1.165) is 58.9 Å². The third-order valence-corrected chi connectivity index (χ3v) is 6.97. The monoisotopic (exact) mass is 491 g/mol. The summed E-state index contributed by atoms with van der Waals surface area (Å²) in [5.41, 5.74) is 4.52. The third kappa shape index (κ3) is 4.36. The number of nitriles is 1. The van der Waals surface area contributed by atoms with E-state index in [-0.39, 0.29) is 12.5 Å². The van der Waals surface area contributed by atoms with Gasteiger partial charge < -0.3 is 15.0 Å². The molecule has 9 nitrogen and oxygen atoms in total. The van der Waals surface area contributed by atoms with E-state index in [1.807, 2.05) is 37.3 Å². The van der Waals surface area contributed by atoms with Crippen LogP contribution in [0.5, 0.6) is 0 Å². The van der Waals surface area contributed by atoms with Gasteiger partial charge in [0.25, 0.3) is 5.91 Å². The fraction of sp³-hybridized carbons (Fsp3) is 0.286. The first kappa shape index (κ1) is 23.0. The van der Waals surface area contributed by atoms with Gasteiger partial charge in [0.1, 0.15) is 5.41 Å². The summed E-state index contributed by atoms with van der Waals surface area (Å²) in [6, 6.07) is 15.4. The Labute approximate surface area is 214 Å². The van der Waals surface area contributed by atoms with Crippen LogP contribution >= 0.6 is 0 Å². The van der Waals surface area contributed by atoms with Crippen LogP contribution in [0.15, 0.2) is 54.9 Å². The fourth-order valence-corrected chi connectivity index (χ4v) is 4.62. The molecule has 4 aromatic rings. The molecule has 0 radical (unpaired) electrons. The number of nitrogens with one attached hydrogen (secondary N) is 1. The van der Waals surface area contributed by atoms with E-state index in [0.29, 0.717) is 24.5 Å². The maximum absolute atomic E-state index is 12.9. The largest absolute Gasteiger partial charge is 0.375 e. The Hall–Kier alpha value is -4.42. The summed E-state index contributed by atoms with van der Waals surface area (Å²) < 4.78 is 5.56. The van der Waals surface area contributed by atoms with Crippen molar-refractivity contribution in [2.24, 2.45) is 0 Å². The minimum Gasteiger partial charge on any atom is -0.375 e. The standard InChI is InChI=1S/C28H25N7O2/c1-28(16-29)17-37-15-20-4-3-18(11-22(20)28)26(36)32-14-21-12-25-19(13-31-21)5-6-23(33-25)24-7-8-30-27(34-24)35-9-2-10-35/h3-8,11-13H,2,9-10,14-15,17H2,1H3,(H,32,36)/t28-/m1/s1. The number of nitrogens with zero attached hydrogens (tertiary/aromatic N) is 6. The van der Waals surface area contributed by atoms with Crippen molar-refractivity contribution in [1.29, 1.82) is 5.26 Å². The van der Waals surface area contributed by atoms with Gasteiger partial charge in [0, 0.05) is 36.4 Å². The molecule has 5 heterocycles. The second-order valence-corrected chi connectivity index (χ2v) is 9.64. The number of hydrogen-bond donors (Lipinski definition) is 1. The Bertz CT molecular complexity index is 1560. The van der Waals surface area contributed by atoms with Crippen molar-refractivity contribution in [2.45, 2.75) is 31.9 Å². The second kappa shape index (κ2) is 9.22. The van der Waals surface area contributed by atoms with Crippen LogP contribution in [0.25, 0.3) is 22.3 Å². The summed E-state index contributed by atoms with van der Waals surface area (Å²) in [6.45, 7) is 4.80. The average molecular weight is 492 g/mol. The maximum Gasteiger partial charge on any atom is 0.251 e. The zero-order valence-corrected chi connectivity index (χ0v) is 20.4. The summed E-state index contributed by atoms with van der Waals surface area (Å²) in [4.78, 5) is 33.4. The molecule has 0 saturated carbocycles. The first-order valence-corrected chi connectivity index (χ1v) is 12.3. The van der Waals surface area contributed by atoms with E-state index in [4.69, 9.17) is 9.72 Å². The molecule has 0 aliphatic carbocycles. The van der Waals surface area contributed by atoms with Crippen LogP contribution in [0.4, 0.5) is 5.95 Å². The lowest BCUT2D eigenvalue weighted by atomic mass is 9.79. The molecule has 1 aromatic carbocycles. The van der Waals surface area contributed by atoms with Crippen molar-refractivity contribution in [3.8, 4) is 17.5 Å². The van der Waals surface area contributed by atoms with E-state index in [9.17, 15) is 10.1 Å². The van der Waals surface area contributed by atoms with E-state index in [1.165, 1.54) is 0 Å². The molecule has 9 heteroatoms. The molecule has 2 aliphatic heterocycles. The van der Waals surface area contributed by atoms with Gasteiger partial charge in [-0.25, -0.2) is 15.0 Å². The van der Waals surface area contributed by atoms with Crippen molar-refractivity contribution in [3.05, 3.63) is 77.2 Å². The van der Waals surface area contributed by atoms with Gasteiger partial charge in [0.15, 0.2) is 0 Å². The average Bonchev–Trinajstić information content (AvgIpc) is 2.90. The molecular weight excluding hydrogens is 466 g/mol. The van der Waals surface area contributed by atoms with Gasteiger partial charge >= 0.3 is 0 Å². The predicted molar refractivity (Wildman–Crippen MR) is 138 cm³/mol. The molecule has 1 amide bonds. The summed E-state index contributed by atoms with van der Waals surface area (Å²) in [6.07, 6.45) is 4.69. The van der Waals surface area contributed by atoms with Gasteiger partial charge in [-0.15, -0.1) is 0 Å². The first-order chi connectivity index (χ1) is 18.0. The van der Waals surface area contributed by atoms with E-state index < -0.39 is 5.41 Å². The summed E-state index contributed by atoms with van der Waals surface area (Å²) in [5, 5.41) is 13.5. The third-order valence-electron chi connectivity index (χ3n) is 6.97. The topological polar surface area (TPSA) is 117 Å². The number of ether oxygens (including phenoxy) is 1. The molecule has 0 unspecified atom stereocenters. The normalized spacial score (nSPS) is 18.5. The highest BCUT2D eigenvalue weighted by Crippen LogP contribution is 2.32. The lowest BCUT2D eigenvalue weighted by Gasteiger charge is -2.30. The molecule has 6 rings (SSSR count). The Morgan fingerprint density at radius 1 is 1.14 bits per heavy atom. The zero-order valence-electron chi connectivity index (χ0n) is 20.4. The fourth-order valence-electron chi connectivity index (χ4n) is 4.62. The Morgan fingerprint density at radius 3 is 2.81 bits per heavy atom. The smallest absolute Gasteiger partial charge is 0.251 e. The predicted octanol–water partition coefficient (Wildman–Crippen LogP) is 3.54. The maximum atomic E-state index is 12.9. The first-order valence-electron chi connectivity index (χ1n) is 12.3. The van der Waals surface area contributed by atoms with Crippen molar-refractivity contribution < 1.29 is 9.53 Å². The molecule has 37 heavy (non-hydrogen) atoms. The van der Waals surface area contributed by atoms with Gasteiger partial charge in [0.2, 0.25) is 5.95 Å². The molecule has 1 N–H and O–H groups in total. The second-order valence-electron chi connectivity index (χ2n) is 9.64.